The number of carboxylic acid groups (broad SMARTS) is 1. The molecule has 0 saturated heterocycles. The van der Waals surface area contributed by atoms with Gasteiger partial charge in [0.1, 0.15) is 0 Å². The number of hydrogen-bond acceptors (Lipinski definition) is 2. The third kappa shape index (κ3) is 1.72. The predicted molar refractivity (Wildman–Crippen MR) is 75.6 cm³/mol. The first-order valence-corrected chi connectivity index (χ1v) is 6.12. The highest BCUT2D eigenvalue weighted by Gasteiger charge is 2.15. The van der Waals surface area contributed by atoms with Gasteiger partial charge in [-0.25, -0.2) is 9.59 Å². The van der Waals surface area contributed by atoms with E-state index in [0.29, 0.717) is 11.0 Å². The van der Waals surface area contributed by atoms with Gasteiger partial charge in [-0.05, 0) is 30.7 Å². The molecule has 0 aliphatic heterocycles. The molecule has 1 heterocycles. The molecule has 0 saturated carbocycles. The molecule has 0 spiro atoms. The summed E-state index contributed by atoms with van der Waals surface area (Å²) in [6.07, 6.45) is 0. The van der Waals surface area contributed by atoms with Gasteiger partial charge in [-0.2, -0.15) is 0 Å². The molecule has 1 aromatic heterocycles. The van der Waals surface area contributed by atoms with Crippen LogP contribution in [0.1, 0.15) is 15.9 Å². The number of benzene rings is 2. The van der Waals surface area contributed by atoms with Crippen LogP contribution in [0.4, 0.5) is 0 Å². The number of H-pyrrole nitrogens is 1. The zero-order valence-corrected chi connectivity index (χ0v) is 10.8. The van der Waals surface area contributed by atoms with E-state index in [0.717, 1.165) is 11.3 Å². The molecule has 20 heavy (non-hydrogen) atoms. The molecule has 5 heteroatoms. The van der Waals surface area contributed by atoms with Gasteiger partial charge in [0.2, 0.25) is 0 Å². The van der Waals surface area contributed by atoms with Gasteiger partial charge in [-0.15, -0.1) is 0 Å². The minimum Gasteiger partial charge on any atom is -0.478 e. The van der Waals surface area contributed by atoms with E-state index in [1.807, 2.05) is 31.2 Å². The number of nitrogens with zero attached hydrogens (tertiary/aromatic N) is 1. The summed E-state index contributed by atoms with van der Waals surface area (Å²) in [6.45, 7) is 1.90. The highest BCUT2D eigenvalue weighted by Crippen LogP contribution is 2.20. The number of rotatable bonds is 2. The summed E-state index contributed by atoms with van der Waals surface area (Å²) in [6, 6.07) is 12.3. The van der Waals surface area contributed by atoms with Crippen molar-refractivity contribution in [3.8, 4) is 5.69 Å². The lowest BCUT2D eigenvalue weighted by Crippen LogP contribution is -2.15. The Bertz CT molecular complexity index is 874. The van der Waals surface area contributed by atoms with Gasteiger partial charge in [-0.1, -0.05) is 24.3 Å². The van der Waals surface area contributed by atoms with E-state index in [1.54, 1.807) is 12.1 Å². The van der Waals surface area contributed by atoms with Gasteiger partial charge in [0.25, 0.3) is 0 Å². The molecule has 100 valence electrons. The first kappa shape index (κ1) is 12.2. The normalized spacial score (nSPS) is 10.8. The Hall–Kier alpha value is -2.82. The Morgan fingerprint density at radius 2 is 1.90 bits per heavy atom. The first-order valence-electron chi connectivity index (χ1n) is 6.12. The van der Waals surface area contributed by atoms with Gasteiger partial charge < -0.3 is 10.1 Å². The van der Waals surface area contributed by atoms with E-state index in [-0.39, 0.29) is 11.3 Å². The lowest BCUT2D eigenvalue weighted by atomic mass is 10.1. The quantitative estimate of drug-likeness (QED) is 0.749. The third-order valence-corrected chi connectivity index (χ3v) is 3.31. The Morgan fingerprint density at radius 3 is 2.60 bits per heavy atom. The number of aromatic nitrogens is 2. The SMILES string of the molecule is Cc1ccccc1-n1c(=O)[nH]c2c(C(=O)O)cccc21. The molecule has 0 aliphatic carbocycles. The Morgan fingerprint density at radius 1 is 1.15 bits per heavy atom. The highest BCUT2D eigenvalue weighted by atomic mass is 16.4. The van der Waals surface area contributed by atoms with Crippen LogP contribution in [0.2, 0.25) is 0 Å². The van der Waals surface area contributed by atoms with Crippen molar-refractivity contribution in [1.82, 2.24) is 9.55 Å². The molecular formula is C15H12N2O3. The minimum atomic E-state index is -1.06. The number of carbonyl (C=O) groups is 1. The molecule has 0 amide bonds. The maximum atomic E-state index is 12.2. The van der Waals surface area contributed by atoms with Crippen LogP contribution in [0.3, 0.4) is 0 Å². The average molecular weight is 268 g/mol. The number of fused-ring (bicyclic) bond motifs is 1. The van der Waals surface area contributed by atoms with E-state index in [9.17, 15) is 14.7 Å². The number of aryl methyl sites for hydroxylation is 1. The average Bonchev–Trinajstić information content (AvgIpc) is 2.75. The van der Waals surface area contributed by atoms with Gasteiger partial charge in [-0.3, -0.25) is 4.57 Å². The lowest BCUT2D eigenvalue weighted by Gasteiger charge is -2.07. The second kappa shape index (κ2) is 4.38. The Kier molecular flexibility index (Phi) is 2.68. The molecule has 2 aromatic carbocycles. The van der Waals surface area contributed by atoms with Crippen molar-refractivity contribution in [2.75, 3.05) is 0 Å². The fourth-order valence-electron chi connectivity index (χ4n) is 2.36. The van der Waals surface area contributed by atoms with Gasteiger partial charge >= 0.3 is 11.7 Å². The van der Waals surface area contributed by atoms with Crippen LogP contribution in [0.25, 0.3) is 16.7 Å². The van der Waals surface area contributed by atoms with Crippen LogP contribution >= 0.6 is 0 Å². The van der Waals surface area contributed by atoms with E-state index in [1.165, 1.54) is 10.6 Å². The fraction of sp³-hybridized carbons (Fsp3) is 0.0667. The van der Waals surface area contributed by atoms with Gasteiger partial charge in [0, 0.05) is 0 Å². The lowest BCUT2D eigenvalue weighted by molar-refractivity contribution is 0.0699. The number of imidazole rings is 1. The zero-order valence-electron chi connectivity index (χ0n) is 10.8. The zero-order chi connectivity index (χ0) is 14.3. The number of nitrogens with one attached hydrogen (secondary N) is 1. The van der Waals surface area contributed by atoms with Crippen molar-refractivity contribution in [3.05, 3.63) is 64.1 Å². The Balaban J connectivity index is 2.42. The smallest absolute Gasteiger partial charge is 0.337 e. The second-order valence-corrected chi connectivity index (χ2v) is 4.56. The fourth-order valence-corrected chi connectivity index (χ4v) is 2.36. The number of carboxylic acids is 1. The first-order chi connectivity index (χ1) is 9.59. The molecule has 2 N–H and O–H groups in total. The summed E-state index contributed by atoms with van der Waals surface area (Å²) in [5, 5.41) is 9.18. The van der Waals surface area contributed by atoms with Crippen LogP contribution in [-0.2, 0) is 0 Å². The van der Waals surface area contributed by atoms with Crippen LogP contribution < -0.4 is 5.69 Å². The van der Waals surface area contributed by atoms with Crippen molar-refractivity contribution in [1.29, 1.82) is 0 Å². The molecule has 3 rings (SSSR count). The Labute approximate surface area is 114 Å². The molecule has 0 radical (unpaired) electrons. The number of hydrogen-bond donors (Lipinski definition) is 2. The maximum absolute atomic E-state index is 12.2. The summed E-state index contributed by atoms with van der Waals surface area (Å²) < 4.78 is 1.50. The number of aromatic amines is 1. The van der Waals surface area contributed by atoms with Crippen molar-refractivity contribution >= 4 is 17.0 Å². The molecule has 3 aromatic rings. The summed E-state index contributed by atoms with van der Waals surface area (Å²) in [7, 11) is 0. The van der Waals surface area contributed by atoms with E-state index < -0.39 is 5.97 Å². The van der Waals surface area contributed by atoms with E-state index in [2.05, 4.69) is 4.98 Å². The summed E-state index contributed by atoms with van der Waals surface area (Å²) in [4.78, 5) is 26.0. The molecule has 0 unspecified atom stereocenters. The maximum Gasteiger partial charge on any atom is 0.337 e. The molecule has 0 fully saturated rings. The van der Waals surface area contributed by atoms with Crippen molar-refractivity contribution < 1.29 is 9.90 Å². The van der Waals surface area contributed by atoms with E-state index >= 15 is 0 Å². The minimum absolute atomic E-state index is 0.0898. The monoisotopic (exact) mass is 268 g/mol. The standard InChI is InChI=1S/C15H12N2O3/c1-9-5-2-3-7-11(9)17-12-8-4-6-10(14(18)19)13(12)16-15(17)20/h2-8H,1H3,(H,16,20)(H,18,19). The summed E-state index contributed by atoms with van der Waals surface area (Å²) in [5.41, 5.74) is 2.33. The molecule has 0 bridgehead atoms. The van der Waals surface area contributed by atoms with E-state index in [4.69, 9.17) is 0 Å². The van der Waals surface area contributed by atoms with Crippen LogP contribution in [-0.4, -0.2) is 20.6 Å². The summed E-state index contributed by atoms with van der Waals surface area (Å²) in [5.74, 6) is -1.06. The van der Waals surface area contributed by atoms with Crippen molar-refractivity contribution in [2.24, 2.45) is 0 Å². The molecular weight excluding hydrogens is 256 g/mol. The van der Waals surface area contributed by atoms with Crippen LogP contribution in [0.5, 0.6) is 0 Å². The predicted octanol–water partition coefficient (Wildman–Crippen LogP) is 2.33. The third-order valence-electron chi connectivity index (χ3n) is 3.31. The molecule has 0 atom stereocenters. The number of para-hydroxylation sites is 2. The van der Waals surface area contributed by atoms with Gasteiger partial charge in [0.15, 0.2) is 0 Å². The van der Waals surface area contributed by atoms with Gasteiger partial charge in [0.05, 0.1) is 22.3 Å². The van der Waals surface area contributed by atoms with Crippen LogP contribution in [0.15, 0.2) is 47.3 Å². The largest absolute Gasteiger partial charge is 0.478 e. The number of aromatic carboxylic acids is 1. The molecule has 5 nitrogen and oxygen atoms in total. The molecule has 0 aliphatic rings. The van der Waals surface area contributed by atoms with Crippen LogP contribution in [0, 0.1) is 6.92 Å². The second-order valence-electron chi connectivity index (χ2n) is 4.56. The highest BCUT2D eigenvalue weighted by molar-refractivity contribution is 6.01. The topological polar surface area (TPSA) is 75.1 Å². The van der Waals surface area contributed by atoms with Crippen molar-refractivity contribution in [2.45, 2.75) is 6.92 Å². The van der Waals surface area contributed by atoms with Crippen molar-refractivity contribution in [3.63, 3.8) is 0 Å². The summed E-state index contributed by atoms with van der Waals surface area (Å²) >= 11 is 0.